The second-order valence-corrected chi connectivity index (χ2v) is 9.63. The van der Waals surface area contributed by atoms with Crippen LogP contribution in [0, 0.1) is 13.8 Å². The van der Waals surface area contributed by atoms with Gasteiger partial charge in [-0.2, -0.15) is 0 Å². The summed E-state index contributed by atoms with van der Waals surface area (Å²) in [6, 6.07) is 16.5. The number of esters is 1. The molecule has 1 atom stereocenters. The first-order chi connectivity index (χ1) is 18.1. The first-order valence-electron chi connectivity index (χ1n) is 12.3. The Kier molecular flexibility index (Phi) is 6.40. The van der Waals surface area contributed by atoms with Gasteiger partial charge in [0, 0.05) is 25.2 Å². The van der Waals surface area contributed by atoms with Crippen molar-refractivity contribution in [2.24, 2.45) is 0 Å². The maximum Gasteiger partial charge on any atom is 0.308 e. The lowest BCUT2D eigenvalue weighted by Crippen LogP contribution is -2.29. The van der Waals surface area contributed by atoms with Crippen molar-refractivity contribution in [3.63, 3.8) is 0 Å². The van der Waals surface area contributed by atoms with Crippen molar-refractivity contribution in [3.8, 4) is 11.5 Å². The van der Waals surface area contributed by atoms with Gasteiger partial charge in [-0.05, 0) is 73.0 Å². The number of aliphatic hydroxyl groups is 1. The minimum absolute atomic E-state index is 0.0477. The third kappa shape index (κ3) is 4.49. The van der Waals surface area contributed by atoms with E-state index in [0.717, 1.165) is 16.8 Å². The SMILES string of the molecule is CC(=O)Oc1cccc(C2/C(=C(/O)c3ccc4c(c3)N(C)CCO4)C(=O)C(=O)N2c2cc(C)cc(C)c2)c1. The number of anilines is 2. The van der Waals surface area contributed by atoms with Crippen LogP contribution in [-0.4, -0.2) is 43.0 Å². The molecule has 2 aliphatic rings. The Morgan fingerprint density at radius 2 is 1.76 bits per heavy atom. The Morgan fingerprint density at radius 1 is 1.03 bits per heavy atom. The van der Waals surface area contributed by atoms with Gasteiger partial charge in [-0.25, -0.2) is 0 Å². The van der Waals surface area contributed by atoms with E-state index in [4.69, 9.17) is 9.47 Å². The van der Waals surface area contributed by atoms with E-state index in [1.807, 2.05) is 44.0 Å². The van der Waals surface area contributed by atoms with Gasteiger partial charge in [0.1, 0.15) is 23.9 Å². The predicted molar refractivity (Wildman–Crippen MR) is 144 cm³/mol. The number of hydrogen-bond acceptors (Lipinski definition) is 7. The van der Waals surface area contributed by atoms with E-state index < -0.39 is 23.7 Å². The number of nitrogens with zero attached hydrogens (tertiary/aromatic N) is 2. The fourth-order valence-corrected chi connectivity index (χ4v) is 5.07. The Labute approximate surface area is 220 Å². The number of carbonyl (C=O) groups is 3. The lowest BCUT2D eigenvalue weighted by atomic mass is 9.94. The number of rotatable bonds is 4. The molecule has 1 saturated heterocycles. The first-order valence-corrected chi connectivity index (χ1v) is 12.3. The highest BCUT2D eigenvalue weighted by atomic mass is 16.5. The standard InChI is InChI=1S/C30H28N2O6/c1-17-12-18(2)14-22(13-17)32-27(20-6-5-7-23(15-20)38-19(3)33)26(29(35)30(32)36)28(34)21-8-9-25-24(16-21)31(4)10-11-37-25/h5-9,12-16,27,34H,10-11H2,1-4H3/b28-26-. The summed E-state index contributed by atoms with van der Waals surface area (Å²) in [7, 11) is 1.92. The first kappa shape index (κ1) is 25.1. The van der Waals surface area contributed by atoms with Crippen molar-refractivity contribution >= 4 is 34.8 Å². The Balaban J connectivity index is 1.72. The Hall–Kier alpha value is -4.59. The van der Waals surface area contributed by atoms with Gasteiger partial charge in [0.05, 0.1) is 23.8 Å². The molecule has 1 fully saturated rings. The van der Waals surface area contributed by atoms with Crippen molar-refractivity contribution in [3.05, 3.63) is 88.5 Å². The van der Waals surface area contributed by atoms with E-state index in [2.05, 4.69) is 0 Å². The lowest BCUT2D eigenvalue weighted by Gasteiger charge is -2.28. The van der Waals surface area contributed by atoms with Crippen molar-refractivity contribution in [2.75, 3.05) is 30.0 Å². The van der Waals surface area contributed by atoms with E-state index in [1.54, 1.807) is 42.5 Å². The van der Waals surface area contributed by atoms with E-state index >= 15 is 0 Å². The fraction of sp³-hybridized carbons (Fsp3) is 0.233. The largest absolute Gasteiger partial charge is 0.507 e. The van der Waals surface area contributed by atoms with E-state index in [1.165, 1.54) is 11.8 Å². The molecule has 8 nitrogen and oxygen atoms in total. The van der Waals surface area contributed by atoms with Crippen LogP contribution in [0.25, 0.3) is 5.76 Å². The average Bonchev–Trinajstić information content (AvgIpc) is 3.13. The lowest BCUT2D eigenvalue weighted by molar-refractivity contribution is -0.132. The van der Waals surface area contributed by atoms with Crippen LogP contribution in [0.2, 0.25) is 0 Å². The second-order valence-electron chi connectivity index (χ2n) is 9.63. The van der Waals surface area contributed by atoms with Crippen LogP contribution in [0.3, 0.4) is 0 Å². The van der Waals surface area contributed by atoms with Gasteiger partial charge >= 0.3 is 5.97 Å². The van der Waals surface area contributed by atoms with Crippen molar-refractivity contribution in [1.29, 1.82) is 0 Å². The molecule has 5 rings (SSSR count). The normalized spacial score (nSPS) is 18.3. The molecular formula is C30H28N2O6. The molecule has 3 aromatic rings. The van der Waals surface area contributed by atoms with Gasteiger partial charge in [-0.3, -0.25) is 19.3 Å². The number of ketones is 1. The van der Waals surface area contributed by atoms with Gasteiger partial charge in [-0.1, -0.05) is 18.2 Å². The topological polar surface area (TPSA) is 96.4 Å². The molecule has 0 spiro atoms. The fourth-order valence-electron chi connectivity index (χ4n) is 5.07. The van der Waals surface area contributed by atoms with Gasteiger partial charge in [0.2, 0.25) is 0 Å². The van der Waals surface area contributed by atoms with Crippen LogP contribution >= 0.6 is 0 Å². The second kappa shape index (κ2) is 9.70. The summed E-state index contributed by atoms with van der Waals surface area (Å²) in [6.07, 6.45) is 0. The number of aryl methyl sites for hydroxylation is 2. The summed E-state index contributed by atoms with van der Waals surface area (Å²) in [5.74, 6) is -1.39. The van der Waals surface area contributed by atoms with Crippen molar-refractivity contribution in [2.45, 2.75) is 26.8 Å². The highest BCUT2D eigenvalue weighted by Crippen LogP contribution is 2.44. The number of hydrogen-bond donors (Lipinski definition) is 1. The van der Waals surface area contributed by atoms with E-state index in [0.29, 0.717) is 35.7 Å². The van der Waals surface area contributed by atoms with Gasteiger partial charge in [0.25, 0.3) is 11.7 Å². The highest BCUT2D eigenvalue weighted by Gasteiger charge is 2.47. The third-order valence-corrected chi connectivity index (χ3v) is 6.69. The number of likely N-dealkylation sites (N-methyl/N-ethyl adjacent to an activating group) is 1. The monoisotopic (exact) mass is 512 g/mol. The van der Waals surface area contributed by atoms with Crippen LogP contribution in [0.1, 0.15) is 35.2 Å². The number of amides is 1. The summed E-state index contributed by atoms with van der Waals surface area (Å²) in [5, 5.41) is 11.6. The molecule has 38 heavy (non-hydrogen) atoms. The molecule has 0 aliphatic carbocycles. The molecule has 3 aromatic carbocycles. The van der Waals surface area contributed by atoms with Crippen molar-refractivity contribution < 1.29 is 29.0 Å². The average molecular weight is 513 g/mol. The van der Waals surface area contributed by atoms with Crippen LogP contribution in [0.5, 0.6) is 11.5 Å². The zero-order valence-corrected chi connectivity index (χ0v) is 21.6. The Morgan fingerprint density at radius 3 is 2.47 bits per heavy atom. The smallest absolute Gasteiger partial charge is 0.308 e. The molecule has 0 bridgehead atoms. The number of fused-ring (bicyclic) bond motifs is 1. The summed E-state index contributed by atoms with van der Waals surface area (Å²) >= 11 is 0. The summed E-state index contributed by atoms with van der Waals surface area (Å²) in [4.78, 5) is 42.1. The zero-order valence-electron chi connectivity index (χ0n) is 21.6. The number of Topliss-reactive ketones (excluding diaryl/α,β-unsaturated/α-hetero) is 1. The van der Waals surface area contributed by atoms with Crippen LogP contribution in [0.4, 0.5) is 11.4 Å². The molecule has 1 unspecified atom stereocenters. The summed E-state index contributed by atoms with van der Waals surface area (Å²) < 4.78 is 11.0. The molecule has 1 N–H and O–H groups in total. The van der Waals surface area contributed by atoms with Crippen LogP contribution < -0.4 is 19.3 Å². The molecule has 2 heterocycles. The van der Waals surface area contributed by atoms with Crippen molar-refractivity contribution in [1.82, 2.24) is 0 Å². The molecule has 194 valence electrons. The number of benzene rings is 3. The molecule has 0 radical (unpaired) electrons. The Bertz CT molecular complexity index is 1490. The number of aliphatic hydroxyl groups excluding tert-OH is 1. The molecule has 2 aliphatic heterocycles. The number of ether oxygens (including phenoxy) is 2. The minimum atomic E-state index is -0.947. The van der Waals surface area contributed by atoms with E-state index in [9.17, 15) is 19.5 Å². The van der Waals surface area contributed by atoms with E-state index in [-0.39, 0.29) is 17.1 Å². The van der Waals surface area contributed by atoms with Gasteiger partial charge in [0.15, 0.2) is 0 Å². The quantitative estimate of drug-likeness (QED) is 0.178. The third-order valence-electron chi connectivity index (χ3n) is 6.69. The molecular weight excluding hydrogens is 484 g/mol. The highest BCUT2D eigenvalue weighted by molar-refractivity contribution is 6.51. The summed E-state index contributed by atoms with van der Waals surface area (Å²) in [6.45, 7) is 6.35. The maximum absolute atomic E-state index is 13.5. The number of carbonyl (C=O) groups excluding carboxylic acids is 3. The van der Waals surface area contributed by atoms with Gasteiger partial charge in [-0.15, -0.1) is 0 Å². The molecule has 0 saturated carbocycles. The molecule has 0 aromatic heterocycles. The summed E-state index contributed by atoms with van der Waals surface area (Å²) in [5.41, 5.74) is 4.01. The van der Waals surface area contributed by atoms with Crippen LogP contribution in [0.15, 0.2) is 66.2 Å². The van der Waals surface area contributed by atoms with Gasteiger partial charge < -0.3 is 19.5 Å². The zero-order chi connectivity index (χ0) is 27.1. The maximum atomic E-state index is 13.5. The molecule has 8 heteroatoms. The minimum Gasteiger partial charge on any atom is -0.507 e. The predicted octanol–water partition coefficient (Wildman–Crippen LogP) is 4.68. The van der Waals surface area contributed by atoms with Crippen LogP contribution in [-0.2, 0) is 14.4 Å². The molecule has 1 amide bonds.